The molecule has 0 spiro atoms. The van der Waals surface area contributed by atoms with Crippen LogP contribution in [0.2, 0.25) is 0 Å². The average Bonchev–Trinajstić information content (AvgIpc) is 2.74. The van der Waals surface area contributed by atoms with Crippen molar-refractivity contribution in [1.82, 2.24) is 14.9 Å². The molecular formula is C12H17N3. The largest absolute Gasteiger partial charge is 0.300 e. The van der Waals surface area contributed by atoms with E-state index in [-0.39, 0.29) is 0 Å². The third kappa shape index (κ3) is 1.46. The first-order valence-electron chi connectivity index (χ1n) is 5.77. The van der Waals surface area contributed by atoms with Crippen LogP contribution in [0.1, 0.15) is 25.5 Å². The van der Waals surface area contributed by atoms with Crippen LogP contribution in [0.25, 0.3) is 0 Å². The highest BCUT2D eigenvalue weighted by Gasteiger charge is 2.57. The number of aromatic nitrogens is 2. The van der Waals surface area contributed by atoms with E-state index in [1.54, 1.807) is 6.20 Å². The molecule has 1 aliphatic carbocycles. The van der Waals surface area contributed by atoms with Crippen molar-refractivity contribution in [2.24, 2.45) is 11.8 Å². The summed E-state index contributed by atoms with van der Waals surface area (Å²) in [4.78, 5) is 11.1. The summed E-state index contributed by atoms with van der Waals surface area (Å²) in [7, 11) is 0. The zero-order valence-corrected chi connectivity index (χ0v) is 9.30. The van der Waals surface area contributed by atoms with Crippen LogP contribution in [0.15, 0.2) is 18.6 Å². The highest BCUT2D eigenvalue weighted by atomic mass is 15.2. The van der Waals surface area contributed by atoms with E-state index >= 15 is 0 Å². The quantitative estimate of drug-likeness (QED) is 0.730. The molecule has 2 heterocycles. The highest BCUT2D eigenvalue weighted by Crippen LogP contribution is 2.57. The maximum Gasteiger partial charge on any atom is 0.0624 e. The van der Waals surface area contributed by atoms with E-state index in [1.807, 2.05) is 12.4 Å². The fraction of sp³-hybridized carbons (Fsp3) is 0.667. The van der Waals surface area contributed by atoms with Crippen LogP contribution in [0.5, 0.6) is 0 Å². The van der Waals surface area contributed by atoms with Crippen LogP contribution in [0, 0.1) is 11.8 Å². The molecule has 1 aliphatic heterocycles. The summed E-state index contributed by atoms with van der Waals surface area (Å²) in [6.07, 6.45) is 5.49. The molecule has 1 aromatic heterocycles. The van der Waals surface area contributed by atoms with Crippen LogP contribution in [-0.4, -0.2) is 34.0 Å². The lowest BCUT2D eigenvalue weighted by atomic mass is 10.2. The first kappa shape index (κ1) is 9.28. The van der Waals surface area contributed by atoms with Crippen molar-refractivity contribution < 1.29 is 0 Å². The van der Waals surface area contributed by atoms with Gasteiger partial charge in [0.25, 0.3) is 0 Å². The lowest BCUT2D eigenvalue weighted by Gasteiger charge is -2.23. The Morgan fingerprint density at radius 2 is 2.00 bits per heavy atom. The number of likely N-dealkylation sites (tertiary alicyclic amines) is 1. The molecule has 3 rings (SSSR count). The van der Waals surface area contributed by atoms with Gasteiger partial charge in [0.05, 0.1) is 5.69 Å². The predicted molar refractivity (Wildman–Crippen MR) is 58.5 cm³/mol. The van der Waals surface area contributed by atoms with E-state index in [1.165, 1.54) is 18.8 Å². The second-order valence-corrected chi connectivity index (χ2v) is 5.03. The van der Waals surface area contributed by atoms with Crippen molar-refractivity contribution >= 4 is 0 Å². The monoisotopic (exact) mass is 203 g/mol. The third-order valence-electron chi connectivity index (χ3n) is 3.88. The second-order valence-electron chi connectivity index (χ2n) is 5.03. The van der Waals surface area contributed by atoms with Gasteiger partial charge in [-0.2, -0.15) is 0 Å². The van der Waals surface area contributed by atoms with Gasteiger partial charge in [0.2, 0.25) is 0 Å². The number of rotatable bonds is 2. The smallest absolute Gasteiger partial charge is 0.0624 e. The molecule has 2 fully saturated rings. The predicted octanol–water partition coefficient (Wildman–Crippen LogP) is 1.53. The van der Waals surface area contributed by atoms with Crippen LogP contribution < -0.4 is 0 Å². The minimum atomic E-state index is 0.695. The standard InChI is InChI=1S/C12H17N3/c1-8(2)15-6-9-10(7-15)12(9)11-5-13-3-4-14-11/h3-5,8-10,12H,6-7H2,1-2H3. The van der Waals surface area contributed by atoms with Crippen LogP contribution in [-0.2, 0) is 0 Å². The summed E-state index contributed by atoms with van der Waals surface area (Å²) in [5.41, 5.74) is 1.20. The summed E-state index contributed by atoms with van der Waals surface area (Å²) in [5.74, 6) is 2.40. The Morgan fingerprint density at radius 1 is 1.27 bits per heavy atom. The van der Waals surface area contributed by atoms with Crippen molar-refractivity contribution in [3.05, 3.63) is 24.3 Å². The van der Waals surface area contributed by atoms with Gasteiger partial charge in [0, 0.05) is 43.6 Å². The molecule has 1 aromatic rings. The van der Waals surface area contributed by atoms with Crippen LogP contribution >= 0.6 is 0 Å². The Bertz CT molecular complexity index is 337. The first-order chi connectivity index (χ1) is 7.27. The summed E-state index contributed by atoms with van der Waals surface area (Å²) in [5, 5.41) is 0. The number of fused-ring (bicyclic) bond motifs is 1. The van der Waals surface area contributed by atoms with Gasteiger partial charge in [-0.15, -0.1) is 0 Å². The van der Waals surface area contributed by atoms with E-state index in [4.69, 9.17) is 0 Å². The molecule has 2 atom stereocenters. The Morgan fingerprint density at radius 3 is 2.53 bits per heavy atom. The number of nitrogens with zero attached hydrogens (tertiary/aromatic N) is 3. The molecule has 15 heavy (non-hydrogen) atoms. The van der Waals surface area contributed by atoms with Crippen molar-refractivity contribution in [3.63, 3.8) is 0 Å². The molecule has 80 valence electrons. The topological polar surface area (TPSA) is 29.0 Å². The van der Waals surface area contributed by atoms with Crippen molar-refractivity contribution in [2.75, 3.05) is 13.1 Å². The van der Waals surface area contributed by atoms with E-state index < -0.39 is 0 Å². The van der Waals surface area contributed by atoms with Crippen LogP contribution in [0.3, 0.4) is 0 Å². The van der Waals surface area contributed by atoms with Crippen molar-refractivity contribution in [2.45, 2.75) is 25.8 Å². The number of hydrogen-bond donors (Lipinski definition) is 0. The summed E-state index contributed by atoms with van der Waals surface area (Å²) in [6.45, 7) is 7.07. The molecular weight excluding hydrogens is 186 g/mol. The maximum atomic E-state index is 4.41. The SMILES string of the molecule is CC(C)N1CC2C(C1)C2c1cnccn1. The highest BCUT2D eigenvalue weighted by molar-refractivity contribution is 5.22. The van der Waals surface area contributed by atoms with Gasteiger partial charge in [-0.05, 0) is 25.7 Å². The molecule has 1 saturated heterocycles. The molecule has 0 amide bonds. The van der Waals surface area contributed by atoms with E-state index in [0.29, 0.717) is 12.0 Å². The molecule has 2 unspecified atom stereocenters. The minimum Gasteiger partial charge on any atom is -0.300 e. The Balaban J connectivity index is 1.68. The fourth-order valence-corrected chi connectivity index (χ4v) is 2.90. The Hall–Kier alpha value is -0.960. The molecule has 0 aromatic carbocycles. The van der Waals surface area contributed by atoms with E-state index in [2.05, 4.69) is 28.7 Å². The Kier molecular flexibility index (Phi) is 2.02. The molecule has 3 heteroatoms. The number of piperidine rings is 1. The molecule has 0 bridgehead atoms. The zero-order chi connectivity index (χ0) is 10.4. The van der Waals surface area contributed by atoms with Crippen LogP contribution in [0.4, 0.5) is 0 Å². The van der Waals surface area contributed by atoms with E-state index in [9.17, 15) is 0 Å². The molecule has 0 N–H and O–H groups in total. The van der Waals surface area contributed by atoms with E-state index in [0.717, 1.165) is 11.8 Å². The summed E-state index contributed by atoms with van der Waals surface area (Å²) in [6, 6.07) is 0.695. The lowest BCUT2D eigenvalue weighted by molar-refractivity contribution is 0.242. The van der Waals surface area contributed by atoms with Gasteiger partial charge >= 0.3 is 0 Å². The van der Waals surface area contributed by atoms with Gasteiger partial charge in [0.1, 0.15) is 0 Å². The zero-order valence-electron chi connectivity index (χ0n) is 9.30. The molecule has 0 radical (unpaired) electrons. The normalized spacial score (nSPS) is 34.5. The molecule has 1 saturated carbocycles. The van der Waals surface area contributed by atoms with Gasteiger partial charge in [-0.1, -0.05) is 0 Å². The summed E-state index contributed by atoms with van der Waals surface area (Å²) >= 11 is 0. The van der Waals surface area contributed by atoms with Gasteiger partial charge < -0.3 is 4.90 Å². The van der Waals surface area contributed by atoms with Crippen molar-refractivity contribution in [1.29, 1.82) is 0 Å². The minimum absolute atomic E-state index is 0.695. The molecule has 3 nitrogen and oxygen atoms in total. The van der Waals surface area contributed by atoms with Gasteiger partial charge in [-0.3, -0.25) is 9.97 Å². The average molecular weight is 203 g/mol. The Labute approximate surface area is 90.5 Å². The third-order valence-corrected chi connectivity index (χ3v) is 3.88. The van der Waals surface area contributed by atoms with Gasteiger partial charge in [0.15, 0.2) is 0 Å². The number of hydrogen-bond acceptors (Lipinski definition) is 3. The summed E-state index contributed by atoms with van der Waals surface area (Å²) < 4.78 is 0. The maximum absolute atomic E-state index is 4.41. The molecule has 2 aliphatic rings. The second kappa shape index (κ2) is 3.27. The van der Waals surface area contributed by atoms with Crippen molar-refractivity contribution in [3.8, 4) is 0 Å². The fourth-order valence-electron chi connectivity index (χ4n) is 2.90. The first-order valence-corrected chi connectivity index (χ1v) is 5.77. The lowest BCUT2D eigenvalue weighted by Crippen LogP contribution is -2.31. The van der Waals surface area contributed by atoms with Gasteiger partial charge in [-0.25, -0.2) is 0 Å².